The van der Waals surface area contributed by atoms with Gasteiger partial charge in [0.25, 0.3) is 5.56 Å². The zero-order chi connectivity index (χ0) is 23.8. The second-order valence-electron chi connectivity index (χ2n) is 7.61. The predicted molar refractivity (Wildman–Crippen MR) is 135 cm³/mol. The van der Waals surface area contributed by atoms with Crippen LogP contribution in [0.15, 0.2) is 70.6 Å². The van der Waals surface area contributed by atoms with Crippen LogP contribution in [0.25, 0.3) is 11.1 Å². The number of halogens is 2. The number of hydrogen-bond acceptors (Lipinski definition) is 6. The highest BCUT2D eigenvalue weighted by molar-refractivity contribution is 8.08. The molecule has 0 saturated heterocycles. The largest absolute Gasteiger partial charge is 0.351 e. The Hall–Kier alpha value is -3.43. The minimum absolute atomic E-state index is 0.0981. The van der Waals surface area contributed by atoms with E-state index in [1.807, 2.05) is 31.0 Å². The van der Waals surface area contributed by atoms with Crippen molar-refractivity contribution in [3.8, 4) is 0 Å². The van der Waals surface area contributed by atoms with Crippen LogP contribution in [-0.4, -0.2) is 16.6 Å². The number of rotatable bonds is 4. The summed E-state index contributed by atoms with van der Waals surface area (Å²) in [7, 11) is 1.88. The molecule has 0 atom stereocenters. The molecule has 3 heterocycles. The second kappa shape index (κ2) is 9.08. The minimum Gasteiger partial charge on any atom is -0.351 e. The smallest absolute Gasteiger partial charge is 0.271 e. The van der Waals surface area contributed by atoms with Crippen LogP contribution in [0.5, 0.6) is 0 Å². The van der Waals surface area contributed by atoms with Crippen molar-refractivity contribution < 1.29 is 8.78 Å². The van der Waals surface area contributed by atoms with Crippen molar-refractivity contribution in [3.05, 3.63) is 97.7 Å². The lowest BCUT2D eigenvalue weighted by atomic mass is 10.2. The third kappa shape index (κ3) is 4.01. The summed E-state index contributed by atoms with van der Waals surface area (Å²) in [5.41, 5.74) is 2.51. The summed E-state index contributed by atoms with van der Waals surface area (Å²) in [6, 6.07) is 12.9. The number of thioether (sulfide) groups is 1. The number of hydrogen-bond donors (Lipinski definition) is 1. The van der Waals surface area contributed by atoms with Crippen molar-refractivity contribution in [3.63, 3.8) is 0 Å². The molecule has 0 bridgehead atoms. The Morgan fingerprint density at radius 3 is 2.74 bits per heavy atom. The maximum Gasteiger partial charge on any atom is 0.271 e. The summed E-state index contributed by atoms with van der Waals surface area (Å²) in [6.07, 6.45) is 5.18. The van der Waals surface area contributed by atoms with Crippen molar-refractivity contribution in [1.29, 1.82) is 0 Å². The number of anilines is 3. The first-order chi connectivity index (χ1) is 16.5. The van der Waals surface area contributed by atoms with E-state index in [-0.39, 0.29) is 17.2 Å². The van der Waals surface area contributed by atoms with E-state index in [4.69, 9.17) is 0 Å². The van der Waals surface area contributed by atoms with Crippen molar-refractivity contribution in [2.45, 2.75) is 18.4 Å². The molecule has 1 aliphatic rings. The van der Waals surface area contributed by atoms with Gasteiger partial charge in [0.15, 0.2) is 0 Å². The van der Waals surface area contributed by atoms with Crippen LogP contribution < -0.4 is 25.0 Å². The highest BCUT2D eigenvalue weighted by Crippen LogP contribution is 2.45. The van der Waals surface area contributed by atoms with Crippen LogP contribution in [0.1, 0.15) is 12.5 Å². The van der Waals surface area contributed by atoms with E-state index < -0.39 is 0 Å². The summed E-state index contributed by atoms with van der Waals surface area (Å²) in [5, 5.41) is 3.87. The van der Waals surface area contributed by atoms with Gasteiger partial charge in [0.05, 0.1) is 27.9 Å². The summed E-state index contributed by atoms with van der Waals surface area (Å²) in [5.74, 6) is -0.672. The van der Waals surface area contributed by atoms with Gasteiger partial charge in [0.1, 0.15) is 21.2 Å². The third-order valence-electron chi connectivity index (χ3n) is 5.49. The lowest BCUT2D eigenvalue weighted by molar-refractivity contribution is 0.624. The number of thiazole rings is 1. The molecule has 34 heavy (non-hydrogen) atoms. The fraction of sp³-hybridized carbons (Fsp3) is 0.120. The van der Waals surface area contributed by atoms with Gasteiger partial charge in [0, 0.05) is 30.2 Å². The second-order valence-corrected chi connectivity index (χ2v) is 9.67. The summed E-state index contributed by atoms with van der Waals surface area (Å²) in [4.78, 5) is 20.2. The van der Waals surface area contributed by atoms with Gasteiger partial charge in [-0.2, -0.15) is 0 Å². The van der Waals surface area contributed by atoms with E-state index in [9.17, 15) is 13.6 Å². The zero-order valence-corrected chi connectivity index (χ0v) is 20.0. The SMILES string of the molecule is CCn1c(=O)/c(=C2\Sc3cc(F)ccc3N2C)s/c1=C\c1ccncc1Nc1ccccc1F. The van der Waals surface area contributed by atoms with Crippen LogP contribution in [-0.2, 0) is 6.54 Å². The Morgan fingerprint density at radius 2 is 1.94 bits per heavy atom. The standard InChI is InChI=1S/C25H20F2N4OS2/c1-3-31-22(12-15-10-11-28-14-19(15)29-18-7-5-4-6-17(18)27)34-23(24(31)32)25-30(2)20-9-8-16(26)13-21(20)33-25/h4-14,29H,3H2,1-2H3/b22-12-,25-23+. The molecule has 0 amide bonds. The van der Waals surface area contributed by atoms with Gasteiger partial charge in [-0.25, -0.2) is 8.78 Å². The molecule has 5 rings (SSSR count). The lowest BCUT2D eigenvalue weighted by Gasteiger charge is -2.12. The molecular formula is C25H20F2N4OS2. The Labute approximate surface area is 202 Å². The molecule has 1 N–H and O–H groups in total. The average molecular weight is 495 g/mol. The van der Waals surface area contributed by atoms with E-state index in [2.05, 4.69) is 10.3 Å². The van der Waals surface area contributed by atoms with E-state index in [1.165, 1.54) is 41.3 Å². The number of pyridine rings is 1. The van der Waals surface area contributed by atoms with Crippen molar-refractivity contribution in [2.75, 3.05) is 17.3 Å². The van der Waals surface area contributed by atoms with Gasteiger partial charge < -0.3 is 10.2 Å². The molecule has 0 radical (unpaired) electrons. The van der Waals surface area contributed by atoms with Gasteiger partial charge in [-0.1, -0.05) is 23.9 Å². The quantitative estimate of drug-likeness (QED) is 0.453. The number of nitrogens with zero attached hydrogens (tertiary/aromatic N) is 3. The van der Waals surface area contributed by atoms with Gasteiger partial charge in [-0.3, -0.25) is 14.3 Å². The zero-order valence-electron chi connectivity index (χ0n) is 18.4. The Bertz CT molecular complexity index is 1580. The highest BCUT2D eigenvalue weighted by Gasteiger charge is 2.25. The molecular weight excluding hydrogens is 474 g/mol. The average Bonchev–Trinajstić information content (AvgIpc) is 3.31. The number of benzene rings is 2. The van der Waals surface area contributed by atoms with Crippen LogP contribution in [0, 0.1) is 11.6 Å². The van der Waals surface area contributed by atoms with Gasteiger partial charge in [-0.05, 0) is 49.4 Å². The molecule has 0 unspecified atom stereocenters. The number of para-hydroxylation sites is 1. The van der Waals surface area contributed by atoms with Gasteiger partial charge >= 0.3 is 0 Å². The van der Waals surface area contributed by atoms with E-state index in [0.717, 1.165) is 25.8 Å². The molecule has 2 aromatic heterocycles. The van der Waals surface area contributed by atoms with Crippen LogP contribution in [0.3, 0.4) is 0 Å². The maximum atomic E-state index is 14.2. The van der Waals surface area contributed by atoms with Gasteiger partial charge in [-0.15, -0.1) is 11.3 Å². The van der Waals surface area contributed by atoms with Crippen LogP contribution >= 0.6 is 23.1 Å². The van der Waals surface area contributed by atoms with E-state index in [0.29, 0.717) is 22.5 Å². The fourth-order valence-corrected chi connectivity index (χ4v) is 6.27. The Morgan fingerprint density at radius 1 is 1.12 bits per heavy atom. The maximum absolute atomic E-state index is 14.2. The molecule has 4 aromatic rings. The van der Waals surface area contributed by atoms with E-state index >= 15 is 0 Å². The number of aromatic nitrogens is 2. The Balaban J connectivity index is 1.63. The fourth-order valence-electron chi connectivity index (χ4n) is 3.77. The molecule has 0 aliphatic carbocycles. The molecule has 2 aromatic carbocycles. The van der Waals surface area contributed by atoms with Gasteiger partial charge in [0.2, 0.25) is 0 Å². The Kier molecular flexibility index (Phi) is 5.97. The highest BCUT2D eigenvalue weighted by atomic mass is 32.2. The third-order valence-corrected chi connectivity index (χ3v) is 7.96. The molecule has 1 aliphatic heterocycles. The van der Waals surface area contributed by atoms with E-state index in [1.54, 1.807) is 41.2 Å². The first-order valence-electron chi connectivity index (χ1n) is 10.6. The van der Waals surface area contributed by atoms with Crippen molar-refractivity contribution in [2.24, 2.45) is 0 Å². The lowest BCUT2D eigenvalue weighted by Crippen LogP contribution is -2.33. The first-order valence-corrected chi connectivity index (χ1v) is 12.2. The molecule has 9 heteroatoms. The van der Waals surface area contributed by atoms with Crippen LogP contribution in [0.2, 0.25) is 0 Å². The molecule has 5 nitrogen and oxygen atoms in total. The molecule has 0 spiro atoms. The van der Waals surface area contributed by atoms with Crippen molar-refractivity contribution >= 4 is 51.3 Å². The summed E-state index contributed by atoms with van der Waals surface area (Å²) >= 11 is 2.77. The van der Waals surface area contributed by atoms with Crippen molar-refractivity contribution in [1.82, 2.24) is 9.55 Å². The molecule has 0 saturated carbocycles. The predicted octanol–water partition coefficient (Wildman–Crippen LogP) is 4.48. The summed E-state index contributed by atoms with van der Waals surface area (Å²) in [6.45, 7) is 2.41. The molecule has 0 fully saturated rings. The normalized spacial score (nSPS) is 15.1. The number of nitrogens with one attached hydrogen (secondary N) is 1. The monoisotopic (exact) mass is 494 g/mol. The molecule has 172 valence electrons. The first kappa shape index (κ1) is 22.4. The topological polar surface area (TPSA) is 50.2 Å². The summed E-state index contributed by atoms with van der Waals surface area (Å²) < 4.78 is 31.0. The minimum atomic E-state index is -0.366. The van der Waals surface area contributed by atoms with Crippen LogP contribution in [0.4, 0.5) is 25.8 Å². The number of fused-ring (bicyclic) bond motifs is 1.